The molecular weight excluding hydrogens is 228 g/mol. The summed E-state index contributed by atoms with van der Waals surface area (Å²) in [7, 11) is 0. The molecule has 0 amide bonds. The number of ether oxygens (including phenoxy) is 2. The fourth-order valence-electron chi connectivity index (χ4n) is 1.14. The molecule has 1 aromatic carbocycles. The summed E-state index contributed by atoms with van der Waals surface area (Å²) in [5, 5.41) is 7.70. The number of benzene rings is 1. The first-order chi connectivity index (χ1) is 7.65. The van der Waals surface area contributed by atoms with Gasteiger partial charge in [0.25, 0.3) is 0 Å². The highest BCUT2D eigenvalue weighted by atomic mass is 35.5. The van der Waals surface area contributed by atoms with E-state index in [1.165, 1.54) is 0 Å². The number of hydrogen-bond acceptors (Lipinski definition) is 3. The van der Waals surface area contributed by atoms with Gasteiger partial charge in [-0.25, -0.2) is 0 Å². The van der Waals surface area contributed by atoms with Crippen LogP contribution in [0, 0.1) is 5.41 Å². The molecule has 0 radical (unpaired) electrons. The molecule has 3 N–H and O–H groups in total. The van der Waals surface area contributed by atoms with Gasteiger partial charge in [0.15, 0.2) is 0 Å². The maximum absolute atomic E-state index is 7.25. The Hall–Kier alpha value is -1.26. The van der Waals surface area contributed by atoms with Gasteiger partial charge in [0.2, 0.25) is 0 Å². The van der Waals surface area contributed by atoms with E-state index in [0.29, 0.717) is 36.2 Å². The van der Waals surface area contributed by atoms with E-state index < -0.39 is 0 Å². The van der Waals surface area contributed by atoms with Crippen molar-refractivity contribution in [2.24, 2.45) is 5.73 Å². The third-order valence-corrected chi connectivity index (χ3v) is 2.23. The fraction of sp³-hybridized carbons (Fsp3) is 0.364. The lowest BCUT2D eigenvalue weighted by Gasteiger charge is -2.09. The van der Waals surface area contributed by atoms with E-state index in [1.54, 1.807) is 18.2 Å². The highest BCUT2D eigenvalue weighted by molar-refractivity contribution is 6.32. The number of nitrogens with two attached hydrogens (primary N) is 1. The van der Waals surface area contributed by atoms with E-state index in [1.807, 2.05) is 6.92 Å². The van der Waals surface area contributed by atoms with E-state index in [0.717, 1.165) is 0 Å². The molecule has 88 valence electrons. The number of halogens is 1. The van der Waals surface area contributed by atoms with Crippen molar-refractivity contribution >= 4 is 17.4 Å². The Bertz CT molecular complexity index is 369. The second-order valence-corrected chi connectivity index (χ2v) is 3.51. The predicted octanol–water partition coefficient (Wildman–Crippen LogP) is 2.04. The molecule has 0 saturated carbocycles. The van der Waals surface area contributed by atoms with Crippen molar-refractivity contribution in [3.05, 3.63) is 28.8 Å². The lowest BCUT2D eigenvalue weighted by molar-refractivity contribution is 0.110. The average Bonchev–Trinajstić information content (AvgIpc) is 2.26. The van der Waals surface area contributed by atoms with Gasteiger partial charge < -0.3 is 15.2 Å². The van der Waals surface area contributed by atoms with E-state index in [4.69, 9.17) is 32.2 Å². The third-order valence-electron chi connectivity index (χ3n) is 1.93. The van der Waals surface area contributed by atoms with Crippen molar-refractivity contribution in [2.45, 2.75) is 6.92 Å². The van der Waals surface area contributed by atoms with Crippen LogP contribution in [0.2, 0.25) is 5.02 Å². The van der Waals surface area contributed by atoms with E-state index in [9.17, 15) is 0 Å². The highest BCUT2D eigenvalue weighted by Gasteiger charge is 2.04. The summed E-state index contributed by atoms with van der Waals surface area (Å²) in [4.78, 5) is 0. The van der Waals surface area contributed by atoms with Gasteiger partial charge in [0.1, 0.15) is 18.2 Å². The molecule has 0 fully saturated rings. The topological polar surface area (TPSA) is 68.3 Å². The van der Waals surface area contributed by atoms with E-state index in [2.05, 4.69) is 0 Å². The van der Waals surface area contributed by atoms with Gasteiger partial charge in [-0.2, -0.15) is 0 Å². The van der Waals surface area contributed by atoms with Crippen molar-refractivity contribution in [1.29, 1.82) is 5.41 Å². The molecule has 0 spiro atoms. The number of rotatable bonds is 6. The highest BCUT2D eigenvalue weighted by Crippen LogP contribution is 2.25. The summed E-state index contributed by atoms with van der Waals surface area (Å²) >= 11 is 5.97. The number of hydrogen-bond donors (Lipinski definition) is 2. The molecule has 1 rings (SSSR count). The zero-order valence-electron chi connectivity index (χ0n) is 9.13. The van der Waals surface area contributed by atoms with Crippen LogP contribution in [0.5, 0.6) is 5.75 Å². The molecule has 0 aliphatic carbocycles. The summed E-state index contributed by atoms with van der Waals surface area (Å²) in [5.74, 6) is 0.564. The molecule has 0 bridgehead atoms. The molecule has 5 heteroatoms. The van der Waals surface area contributed by atoms with Crippen molar-refractivity contribution in [2.75, 3.05) is 19.8 Å². The van der Waals surface area contributed by atoms with Gasteiger partial charge >= 0.3 is 0 Å². The molecule has 0 heterocycles. The molecule has 0 aromatic heterocycles. The van der Waals surface area contributed by atoms with Crippen LogP contribution in [0.1, 0.15) is 12.5 Å². The molecule has 0 aliphatic heterocycles. The first-order valence-electron chi connectivity index (χ1n) is 4.99. The average molecular weight is 243 g/mol. The molecule has 1 aromatic rings. The summed E-state index contributed by atoms with van der Waals surface area (Å²) in [5.41, 5.74) is 5.92. The molecular formula is C11H15ClN2O2. The largest absolute Gasteiger partial charge is 0.490 e. The zero-order valence-corrected chi connectivity index (χ0v) is 9.88. The second kappa shape index (κ2) is 6.35. The molecule has 16 heavy (non-hydrogen) atoms. The van der Waals surface area contributed by atoms with E-state index >= 15 is 0 Å². The van der Waals surface area contributed by atoms with Crippen LogP contribution in [-0.4, -0.2) is 25.7 Å². The summed E-state index contributed by atoms with van der Waals surface area (Å²) in [6, 6.07) is 5.01. The quantitative estimate of drug-likeness (QED) is 0.456. The SMILES string of the molecule is CCOCCOc1ccc(C(=N)N)cc1Cl. The van der Waals surface area contributed by atoms with Gasteiger partial charge in [-0.05, 0) is 25.1 Å². The standard InChI is InChI=1S/C11H15ClN2O2/c1-2-15-5-6-16-10-4-3-8(11(13)14)7-9(10)12/h3-4,7H,2,5-6H2,1H3,(H3,13,14). The number of nitrogen functional groups attached to an aromatic ring is 1. The van der Waals surface area contributed by atoms with Gasteiger partial charge in [0, 0.05) is 12.2 Å². The molecule has 0 unspecified atom stereocenters. The Balaban J connectivity index is 2.57. The summed E-state index contributed by atoms with van der Waals surface area (Å²) in [6.45, 7) is 3.57. The molecule has 0 saturated heterocycles. The Morgan fingerprint density at radius 1 is 1.44 bits per heavy atom. The Morgan fingerprint density at radius 2 is 2.19 bits per heavy atom. The Morgan fingerprint density at radius 3 is 2.75 bits per heavy atom. The van der Waals surface area contributed by atoms with Crippen LogP contribution in [0.25, 0.3) is 0 Å². The molecule has 4 nitrogen and oxygen atoms in total. The summed E-state index contributed by atoms with van der Waals surface area (Å²) in [6.07, 6.45) is 0. The van der Waals surface area contributed by atoms with Gasteiger partial charge in [-0.1, -0.05) is 11.6 Å². The van der Waals surface area contributed by atoms with Crippen LogP contribution in [0.3, 0.4) is 0 Å². The maximum atomic E-state index is 7.25. The fourth-order valence-corrected chi connectivity index (χ4v) is 1.38. The van der Waals surface area contributed by atoms with Gasteiger partial charge in [0.05, 0.1) is 11.6 Å². The number of nitrogens with one attached hydrogen (secondary N) is 1. The van der Waals surface area contributed by atoms with Crippen molar-refractivity contribution in [1.82, 2.24) is 0 Å². The van der Waals surface area contributed by atoms with Crippen LogP contribution in [0.15, 0.2) is 18.2 Å². The second-order valence-electron chi connectivity index (χ2n) is 3.10. The summed E-state index contributed by atoms with van der Waals surface area (Å²) < 4.78 is 10.5. The maximum Gasteiger partial charge on any atom is 0.138 e. The zero-order chi connectivity index (χ0) is 12.0. The van der Waals surface area contributed by atoms with Crippen molar-refractivity contribution in [3.63, 3.8) is 0 Å². The van der Waals surface area contributed by atoms with Crippen LogP contribution < -0.4 is 10.5 Å². The first-order valence-corrected chi connectivity index (χ1v) is 5.37. The normalized spacial score (nSPS) is 10.1. The third kappa shape index (κ3) is 3.72. The van der Waals surface area contributed by atoms with Gasteiger partial charge in [-0.15, -0.1) is 0 Å². The molecule has 0 aliphatic rings. The van der Waals surface area contributed by atoms with Crippen LogP contribution >= 0.6 is 11.6 Å². The Kier molecular flexibility index (Phi) is 5.08. The van der Waals surface area contributed by atoms with Gasteiger partial charge in [-0.3, -0.25) is 5.41 Å². The molecule has 0 atom stereocenters. The Labute approximate surface area is 99.8 Å². The lowest BCUT2D eigenvalue weighted by Crippen LogP contribution is -2.11. The first kappa shape index (κ1) is 12.8. The van der Waals surface area contributed by atoms with E-state index in [-0.39, 0.29) is 5.84 Å². The van der Waals surface area contributed by atoms with Crippen molar-refractivity contribution < 1.29 is 9.47 Å². The van der Waals surface area contributed by atoms with Crippen LogP contribution in [0.4, 0.5) is 0 Å². The minimum Gasteiger partial charge on any atom is -0.490 e. The lowest BCUT2D eigenvalue weighted by atomic mass is 10.2. The predicted molar refractivity (Wildman–Crippen MR) is 64.5 cm³/mol. The minimum absolute atomic E-state index is 0.0113. The number of amidine groups is 1. The smallest absolute Gasteiger partial charge is 0.138 e. The van der Waals surface area contributed by atoms with Crippen molar-refractivity contribution in [3.8, 4) is 5.75 Å². The van der Waals surface area contributed by atoms with Crippen LogP contribution in [-0.2, 0) is 4.74 Å². The minimum atomic E-state index is -0.0113. The monoisotopic (exact) mass is 242 g/mol.